The van der Waals surface area contributed by atoms with Gasteiger partial charge >= 0.3 is 0 Å². The standard InChI is InChI=1S/C8H16N2/c1-9-3-7-5-10(2)6-8(7)4-9/h7-8H,3-6H2,1-2H3/t7-,8+. The minimum absolute atomic E-state index is 0.981. The zero-order valence-electron chi connectivity index (χ0n) is 6.88. The average molecular weight is 140 g/mol. The predicted molar refractivity (Wildman–Crippen MR) is 42.0 cm³/mol. The van der Waals surface area contributed by atoms with Gasteiger partial charge in [0.25, 0.3) is 0 Å². The Bertz CT molecular complexity index is 107. The molecule has 2 aliphatic rings. The fourth-order valence-corrected chi connectivity index (χ4v) is 2.46. The molecule has 2 heterocycles. The molecule has 2 rings (SSSR count). The SMILES string of the molecule is CN1C[C@H]2CN(C)C[C@H]2C1. The van der Waals surface area contributed by atoms with Crippen LogP contribution in [-0.4, -0.2) is 50.1 Å². The van der Waals surface area contributed by atoms with E-state index in [4.69, 9.17) is 0 Å². The van der Waals surface area contributed by atoms with Gasteiger partial charge in [0.1, 0.15) is 0 Å². The van der Waals surface area contributed by atoms with Gasteiger partial charge in [-0.1, -0.05) is 0 Å². The predicted octanol–water partition coefficient (Wildman–Crippen LogP) is 0.110. The third-order valence-corrected chi connectivity index (χ3v) is 2.85. The highest BCUT2D eigenvalue weighted by atomic mass is 15.2. The minimum Gasteiger partial charge on any atom is -0.306 e. The molecule has 2 aliphatic heterocycles. The molecule has 2 fully saturated rings. The first-order chi connectivity index (χ1) is 4.75. The Labute approximate surface area is 62.8 Å². The third-order valence-electron chi connectivity index (χ3n) is 2.85. The largest absolute Gasteiger partial charge is 0.306 e. The second-order valence-corrected chi connectivity index (χ2v) is 3.96. The monoisotopic (exact) mass is 140 g/mol. The Morgan fingerprint density at radius 1 is 0.800 bits per heavy atom. The summed E-state index contributed by atoms with van der Waals surface area (Å²) in [5, 5.41) is 0. The molecule has 0 amide bonds. The van der Waals surface area contributed by atoms with Gasteiger partial charge in [-0.25, -0.2) is 0 Å². The van der Waals surface area contributed by atoms with Crippen molar-refractivity contribution in [2.24, 2.45) is 11.8 Å². The van der Waals surface area contributed by atoms with E-state index in [0.29, 0.717) is 0 Å². The molecule has 0 N–H and O–H groups in total. The highest BCUT2D eigenvalue weighted by molar-refractivity contribution is 4.90. The highest BCUT2D eigenvalue weighted by Crippen LogP contribution is 2.28. The van der Waals surface area contributed by atoms with Gasteiger partial charge in [0.15, 0.2) is 0 Å². The van der Waals surface area contributed by atoms with Gasteiger partial charge in [-0.3, -0.25) is 0 Å². The van der Waals surface area contributed by atoms with Gasteiger partial charge < -0.3 is 9.80 Å². The van der Waals surface area contributed by atoms with Crippen molar-refractivity contribution in [3.8, 4) is 0 Å². The summed E-state index contributed by atoms with van der Waals surface area (Å²) < 4.78 is 0. The molecule has 0 aromatic rings. The lowest BCUT2D eigenvalue weighted by atomic mass is 10.0. The van der Waals surface area contributed by atoms with Gasteiger partial charge in [-0.15, -0.1) is 0 Å². The number of hydrogen-bond donors (Lipinski definition) is 0. The van der Waals surface area contributed by atoms with E-state index in [0.717, 1.165) is 11.8 Å². The molecule has 0 spiro atoms. The summed E-state index contributed by atoms with van der Waals surface area (Å²) in [6, 6.07) is 0. The normalized spacial score (nSPS) is 42.6. The van der Waals surface area contributed by atoms with Gasteiger partial charge in [0, 0.05) is 26.2 Å². The maximum atomic E-state index is 2.46. The number of nitrogens with zero attached hydrogens (tertiary/aromatic N) is 2. The first-order valence-corrected chi connectivity index (χ1v) is 4.13. The van der Waals surface area contributed by atoms with Crippen LogP contribution in [0.2, 0.25) is 0 Å². The van der Waals surface area contributed by atoms with E-state index in [2.05, 4.69) is 23.9 Å². The molecule has 0 radical (unpaired) electrons. The molecule has 0 aliphatic carbocycles. The highest BCUT2D eigenvalue weighted by Gasteiger charge is 2.36. The molecule has 0 aromatic heterocycles. The summed E-state index contributed by atoms with van der Waals surface area (Å²) in [6.07, 6.45) is 0. The maximum absolute atomic E-state index is 2.46. The van der Waals surface area contributed by atoms with E-state index in [9.17, 15) is 0 Å². The summed E-state index contributed by atoms with van der Waals surface area (Å²) in [4.78, 5) is 4.92. The number of likely N-dealkylation sites (tertiary alicyclic amines) is 2. The second kappa shape index (κ2) is 2.21. The lowest BCUT2D eigenvalue weighted by molar-refractivity contribution is 0.316. The molecular formula is C8H16N2. The summed E-state index contributed by atoms with van der Waals surface area (Å²) in [7, 11) is 4.47. The van der Waals surface area contributed by atoms with Gasteiger partial charge in [0.05, 0.1) is 0 Å². The first-order valence-electron chi connectivity index (χ1n) is 4.13. The van der Waals surface area contributed by atoms with Crippen LogP contribution in [0.4, 0.5) is 0 Å². The van der Waals surface area contributed by atoms with E-state index in [1.807, 2.05) is 0 Å². The molecule has 10 heavy (non-hydrogen) atoms. The van der Waals surface area contributed by atoms with E-state index < -0.39 is 0 Å². The van der Waals surface area contributed by atoms with Crippen LogP contribution in [0.15, 0.2) is 0 Å². The average Bonchev–Trinajstić information content (AvgIpc) is 2.21. The molecule has 0 atom stereocenters. The molecule has 58 valence electrons. The molecule has 0 aromatic carbocycles. The summed E-state index contributed by atoms with van der Waals surface area (Å²) >= 11 is 0. The summed E-state index contributed by atoms with van der Waals surface area (Å²) in [5.41, 5.74) is 0. The number of hydrogen-bond acceptors (Lipinski definition) is 2. The van der Waals surface area contributed by atoms with Crippen LogP contribution in [-0.2, 0) is 0 Å². The Hall–Kier alpha value is -0.0800. The van der Waals surface area contributed by atoms with Crippen LogP contribution in [0.1, 0.15) is 0 Å². The van der Waals surface area contributed by atoms with Crippen molar-refractivity contribution < 1.29 is 0 Å². The molecule has 0 saturated carbocycles. The fourth-order valence-electron chi connectivity index (χ4n) is 2.46. The van der Waals surface area contributed by atoms with Crippen LogP contribution in [0.3, 0.4) is 0 Å². The summed E-state index contributed by atoms with van der Waals surface area (Å²) in [6.45, 7) is 5.31. The van der Waals surface area contributed by atoms with Crippen molar-refractivity contribution in [2.45, 2.75) is 0 Å². The molecule has 2 nitrogen and oxygen atoms in total. The van der Waals surface area contributed by atoms with Crippen LogP contribution in [0.5, 0.6) is 0 Å². The van der Waals surface area contributed by atoms with E-state index >= 15 is 0 Å². The molecule has 2 heteroatoms. The van der Waals surface area contributed by atoms with Gasteiger partial charge in [-0.2, -0.15) is 0 Å². The van der Waals surface area contributed by atoms with E-state index in [-0.39, 0.29) is 0 Å². The van der Waals surface area contributed by atoms with Crippen LogP contribution >= 0.6 is 0 Å². The van der Waals surface area contributed by atoms with E-state index in [1.54, 1.807) is 0 Å². The number of rotatable bonds is 0. The maximum Gasteiger partial charge on any atom is 0.00226 e. The zero-order valence-corrected chi connectivity index (χ0v) is 6.88. The van der Waals surface area contributed by atoms with Crippen molar-refractivity contribution in [3.63, 3.8) is 0 Å². The van der Waals surface area contributed by atoms with E-state index in [1.165, 1.54) is 26.2 Å². The van der Waals surface area contributed by atoms with Gasteiger partial charge in [0.2, 0.25) is 0 Å². The lowest BCUT2D eigenvalue weighted by Gasteiger charge is -2.12. The molecule has 2 saturated heterocycles. The molecule has 0 bridgehead atoms. The quantitative estimate of drug-likeness (QED) is 0.471. The van der Waals surface area contributed by atoms with Crippen LogP contribution < -0.4 is 0 Å². The van der Waals surface area contributed by atoms with Crippen molar-refractivity contribution in [1.29, 1.82) is 0 Å². The second-order valence-electron chi connectivity index (χ2n) is 3.96. The van der Waals surface area contributed by atoms with Crippen molar-refractivity contribution in [2.75, 3.05) is 40.3 Å². The fraction of sp³-hybridized carbons (Fsp3) is 1.00. The topological polar surface area (TPSA) is 6.48 Å². The lowest BCUT2D eigenvalue weighted by Crippen LogP contribution is -2.23. The Kier molecular flexibility index (Phi) is 1.46. The Morgan fingerprint density at radius 2 is 1.10 bits per heavy atom. The zero-order chi connectivity index (χ0) is 7.14. The summed E-state index contributed by atoms with van der Waals surface area (Å²) in [5.74, 6) is 1.96. The first kappa shape index (κ1) is 6.62. The van der Waals surface area contributed by atoms with Crippen LogP contribution in [0.25, 0.3) is 0 Å². The minimum atomic E-state index is 0.981. The Morgan fingerprint density at radius 3 is 1.40 bits per heavy atom. The third kappa shape index (κ3) is 0.956. The van der Waals surface area contributed by atoms with Crippen molar-refractivity contribution in [3.05, 3.63) is 0 Å². The Balaban J connectivity index is 2.00. The number of fused-ring (bicyclic) bond motifs is 1. The van der Waals surface area contributed by atoms with Crippen molar-refractivity contribution >= 4 is 0 Å². The smallest absolute Gasteiger partial charge is 0.00226 e. The molecular weight excluding hydrogens is 124 g/mol. The van der Waals surface area contributed by atoms with Gasteiger partial charge in [-0.05, 0) is 25.9 Å². The molecule has 0 unspecified atom stereocenters. The van der Waals surface area contributed by atoms with Crippen molar-refractivity contribution in [1.82, 2.24) is 9.80 Å². The van der Waals surface area contributed by atoms with Crippen LogP contribution in [0, 0.1) is 11.8 Å².